The summed E-state index contributed by atoms with van der Waals surface area (Å²) in [5.41, 5.74) is 1.32. The lowest BCUT2D eigenvalue weighted by Crippen LogP contribution is -2.39. The molecule has 5 heteroatoms. The van der Waals surface area contributed by atoms with E-state index in [0.717, 1.165) is 48.5 Å². The number of hydrogen-bond donors (Lipinski definition) is 0. The van der Waals surface area contributed by atoms with E-state index in [4.69, 9.17) is 4.74 Å². The molecule has 2 aromatic rings. The van der Waals surface area contributed by atoms with E-state index >= 15 is 0 Å². The molecule has 0 bridgehead atoms. The molecule has 0 amide bonds. The van der Waals surface area contributed by atoms with Crippen LogP contribution in [-0.4, -0.2) is 29.2 Å². The predicted octanol–water partition coefficient (Wildman–Crippen LogP) is 4.80. The quantitative estimate of drug-likeness (QED) is 0.735. The molecule has 1 saturated heterocycles. The summed E-state index contributed by atoms with van der Waals surface area (Å²) in [6.07, 6.45) is 6.98. The van der Waals surface area contributed by atoms with Crippen molar-refractivity contribution < 1.29 is 4.74 Å². The Morgan fingerprint density at radius 1 is 1.21 bits per heavy atom. The first-order chi connectivity index (χ1) is 11.7. The number of para-hydroxylation sites is 1. The third-order valence-electron chi connectivity index (χ3n) is 4.69. The lowest BCUT2D eigenvalue weighted by molar-refractivity contribution is 0.168. The third kappa shape index (κ3) is 4.07. The second kappa shape index (κ2) is 7.97. The summed E-state index contributed by atoms with van der Waals surface area (Å²) in [4.78, 5) is 11.0. The second-order valence-corrected chi connectivity index (χ2v) is 7.27. The summed E-state index contributed by atoms with van der Waals surface area (Å²) in [7, 11) is 0. The van der Waals surface area contributed by atoms with E-state index in [2.05, 4.69) is 68.9 Å². The van der Waals surface area contributed by atoms with Crippen molar-refractivity contribution in [1.82, 2.24) is 9.97 Å². The van der Waals surface area contributed by atoms with E-state index in [1.165, 1.54) is 5.56 Å². The van der Waals surface area contributed by atoms with Gasteiger partial charge in [0.05, 0.1) is 4.47 Å². The zero-order valence-corrected chi connectivity index (χ0v) is 15.9. The van der Waals surface area contributed by atoms with Crippen LogP contribution in [0.15, 0.2) is 41.1 Å². The van der Waals surface area contributed by atoms with Gasteiger partial charge < -0.3 is 9.64 Å². The molecular formula is C19H24BrN3O. The molecule has 1 aliphatic heterocycles. The van der Waals surface area contributed by atoms with Gasteiger partial charge in [0.25, 0.3) is 0 Å². The first kappa shape index (κ1) is 17.2. The molecule has 2 heterocycles. The van der Waals surface area contributed by atoms with Crippen LogP contribution in [0.1, 0.15) is 44.6 Å². The molecule has 0 saturated carbocycles. The van der Waals surface area contributed by atoms with Gasteiger partial charge in [0, 0.05) is 38.3 Å². The fraction of sp³-hybridized carbons (Fsp3) is 0.474. The zero-order chi connectivity index (χ0) is 16.9. The highest BCUT2D eigenvalue weighted by atomic mass is 79.9. The Morgan fingerprint density at radius 3 is 2.54 bits per heavy atom. The highest BCUT2D eigenvalue weighted by Crippen LogP contribution is 2.30. The average molecular weight is 390 g/mol. The normalized spacial score (nSPS) is 16.9. The van der Waals surface area contributed by atoms with Crippen molar-refractivity contribution in [2.45, 2.75) is 45.1 Å². The Bertz CT molecular complexity index is 654. The average Bonchev–Trinajstić information content (AvgIpc) is 2.63. The van der Waals surface area contributed by atoms with Crippen LogP contribution >= 0.6 is 15.9 Å². The molecular weight excluding hydrogens is 366 g/mol. The lowest BCUT2D eigenvalue weighted by atomic mass is 9.97. The SMILES string of the molecule is CCC(C)c1ccccc1OC1CCN(c2ncc(Br)cn2)CC1. The molecule has 1 aliphatic rings. The fourth-order valence-electron chi connectivity index (χ4n) is 3.04. The monoisotopic (exact) mass is 389 g/mol. The van der Waals surface area contributed by atoms with Gasteiger partial charge in [-0.15, -0.1) is 0 Å². The van der Waals surface area contributed by atoms with Gasteiger partial charge in [0.1, 0.15) is 11.9 Å². The van der Waals surface area contributed by atoms with Crippen LogP contribution in [0.5, 0.6) is 5.75 Å². The van der Waals surface area contributed by atoms with Crippen molar-refractivity contribution in [3.05, 3.63) is 46.7 Å². The van der Waals surface area contributed by atoms with Gasteiger partial charge in [0.15, 0.2) is 0 Å². The summed E-state index contributed by atoms with van der Waals surface area (Å²) in [5, 5.41) is 0. The molecule has 1 fully saturated rings. The van der Waals surface area contributed by atoms with Crippen molar-refractivity contribution in [3.63, 3.8) is 0 Å². The summed E-state index contributed by atoms with van der Waals surface area (Å²) in [6.45, 7) is 6.34. The standard InChI is InChI=1S/C19H24BrN3O/c1-3-14(2)17-6-4-5-7-18(17)24-16-8-10-23(11-9-16)19-21-12-15(20)13-22-19/h4-7,12-14,16H,3,8-11H2,1-2H3. The van der Waals surface area contributed by atoms with Gasteiger partial charge in [-0.25, -0.2) is 9.97 Å². The zero-order valence-electron chi connectivity index (χ0n) is 14.3. The first-order valence-electron chi connectivity index (χ1n) is 8.65. The Kier molecular flexibility index (Phi) is 5.72. The Morgan fingerprint density at radius 2 is 1.88 bits per heavy atom. The topological polar surface area (TPSA) is 38.2 Å². The molecule has 1 unspecified atom stereocenters. The maximum atomic E-state index is 6.34. The highest BCUT2D eigenvalue weighted by Gasteiger charge is 2.23. The van der Waals surface area contributed by atoms with Gasteiger partial charge in [-0.1, -0.05) is 32.0 Å². The molecule has 0 N–H and O–H groups in total. The lowest BCUT2D eigenvalue weighted by Gasteiger charge is -2.32. The van der Waals surface area contributed by atoms with Crippen LogP contribution in [0, 0.1) is 0 Å². The molecule has 0 radical (unpaired) electrons. The molecule has 4 nitrogen and oxygen atoms in total. The van der Waals surface area contributed by atoms with E-state index < -0.39 is 0 Å². The van der Waals surface area contributed by atoms with E-state index in [1.54, 1.807) is 12.4 Å². The van der Waals surface area contributed by atoms with Gasteiger partial charge in [-0.3, -0.25) is 0 Å². The van der Waals surface area contributed by atoms with Crippen molar-refractivity contribution in [3.8, 4) is 5.75 Å². The second-order valence-electron chi connectivity index (χ2n) is 6.35. The number of nitrogens with zero attached hydrogens (tertiary/aromatic N) is 3. The summed E-state index contributed by atoms with van der Waals surface area (Å²) in [6, 6.07) is 8.45. The number of benzene rings is 1. The first-order valence-corrected chi connectivity index (χ1v) is 9.44. The summed E-state index contributed by atoms with van der Waals surface area (Å²) in [5.74, 6) is 2.37. The van der Waals surface area contributed by atoms with Crippen LogP contribution in [0.4, 0.5) is 5.95 Å². The number of hydrogen-bond acceptors (Lipinski definition) is 4. The maximum Gasteiger partial charge on any atom is 0.225 e. The summed E-state index contributed by atoms with van der Waals surface area (Å²) >= 11 is 3.38. The molecule has 3 rings (SSSR count). The maximum absolute atomic E-state index is 6.34. The minimum absolute atomic E-state index is 0.266. The third-order valence-corrected chi connectivity index (χ3v) is 5.10. The van der Waals surface area contributed by atoms with E-state index in [-0.39, 0.29) is 6.10 Å². The minimum Gasteiger partial charge on any atom is -0.490 e. The predicted molar refractivity (Wildman–Crippen MR) is 101 cm³/mol. The van der Waals surface area contributed by atoms with Crippen LogP contribution in [-0.2, 0) is 0 Å². The summed E-state index contributed by atoms with van der Waals surface area (Å²) < 4.78 is 7.25. The molecule has 1 aromatic heterocycles. The van der Waals surface area contributed by atoms with Gasteiger partial charge >= 0.3 is 0 Å². The number of aromatic nitrogens is 2. The van der Waals surface area contributed by atoms with Crippen molar-refractivity contribution in [2.24, 2.45) is 0 Å². The minimum atomic E-state index is 0.266. The number of rotatable bonds is 5. The van der Waals surface area contributed by atoms with Crippen molar-refractivity contribution >= 4 is 21.9 Å². The smallest absolute Gasteiger partial charge is 0.225 e. The number of anilines is 1. The van der Waals surface area contributed by atoms with Crippen LogP contribution < -0.4 is 9.64 Å². The molecule has 0 aliphatic carbocycles. The Balaban J connectivity index is 1.61. The van der Waals surface area contributed by atoms with Gasteiger partial charge in [0.2, 0.25) is 5.95 Å². The molecule has 0 spiro atoms. The molecule has 128 valence electrons. The Hall–Kier alpha value is -1.62. The number of ether oxygens (including phenoxy) is 1. The van der Waals surface area contributed by atoms with E-state index in [1.807, 2.05) is 0 Å². The molecule has 24 heavy (non-hydrogen) atoms. The van der Waals surface area contributed by atoms with E-state index in [9.17, 15) is 0 Å². The number of piperidine rings is 1. The van der Waals surface area contributed by atoms with Crippen LogP contribution in [0.25, 0.3) is 0 Å². The van der Waals surface area contributed by atoms with Crippen LogP contribution in [0.3, 0.4) is 0 Å². The van der Waals surface area contributed by atoms with Gasteiger partial charge in [-0.2, -0.15) is 0 Å². The van der Waals surface area contributed by atoms with Crippen LogP contribution in [0.2, 0.25) is 0 Å². The largest absolute Gasteiger partial charge is 0.490 e. The Labute approximate surface area is 152 Å². The molecule has 1 aromatic carbocycles. The van der Waals surface area contributed by atoms with Crippen molar-refractivity contribution in [1.29, 1.82) is 0 Å². The van der Waals surface area contributed by atoms with Crippen molar-refractivity contribution in [2.75, 3.05) is 18.0 Å². The molecule has 1 atom stereocenters. The van der Waals surface area contributed by atoms with E-state index in [0.29, 0.717) is 5.92 Å². The number of halogens is 1. The highest BCUT2D eigenvalue weighted by molar-refractivity contribution is 9.10. The van der Waals surface area contributed by atoms with Gasteiger partial charge in [-0.05, 0) is 39.9 Å². The fourth-order valence-corrected chi connectivity index (χ4v) is 3.24.